The van der Waals surface area contributed by atoms with E-state index in [4.69, 9.17) is 28.4 Å². The number of hydrogen-bond donors (Lipinski definition) is 0. The molecule has 0 aromatic carbocycles. The molecule has 184 valence electrons. The van der Waals surface area contributed by atoms with E-state index >= 15 is 0 Å². The summed E-state index contributed by atoms with van der Waals surface area (Å²) in [7, 11) is 3.61. The van der Waals surface area contributed by atoms with Crippen LogP contribution < -0.4 is 0 Å². The Labute approximate surface area is 194 Å². The molecule has 3 saturated carbocycles. The lowest BCUT2D eigenvalue weighted by Gasteiger charge is -2.30. The van der Waals surface area contributed by atoms with Crippen molar-refractivity contribution in [3.63, 3.8) is 0 Å². The topological polar surface area (TPSA) is 55.4 Å². The van der Waals surface area contributed by atoms with Gasteiger partial charge < -0.3 is 28.4 Å². The Bertz CT molecular complexity index is 486. The summed E-state index contributed by atoms with van der Waals surface area (Å²) in [5, 5.41) is 0. The third-order valence-electron chi connectivity index (χ3n) is 7.34. The van der Waals surface area contributed by atoms with Gasteiger partial charge in [0.15, 0.2) is 13.6 Å². The van der Waals surface area contributed by atoms with Gasteiger partial charge in [0.1, 0.15) is 0 Å². The lowest BCUT2D eigenvalue weighted by molar-refractivity contribution is -0.159. The molecule has 0 bridgehead atoms. The lowest BCUT2D eigenvalue weighted by atomic mass is 9.87. The number of methoxy groups -OCH3 is 2. The molecule has 2 atom stereocenters. The van der Waals surface area contributed by atoms with Crippen LogP contribution in [0.5, 0.6) is 0 Å². The quantitative estimate of drug-likeness (QED) is 0.215. The average molecular weight is 453 g/mol. The molecule has 0 aromatic rings. The second kappa shape index (κ2) is 14.9. The highest BCUT2D eigenvalue weighted by molar-refractivity contribution is 4.88. The van der Waals surface area contributed by atoms with Crippen molar-refractivity contribution in [2.75, 3.05) is 27.8 Å². The third-order valence-corrected chi connectivity index (χ3v) is 7.34. The van der Waals surface area contributed by atoms with Gasteiger partial charge in [0.25, 0.3) is 0 Å². The van der Waals surface area contributed by atoms with Gasteiger partial charge in [0.2, 0.25) is 0 Å². The zero-order valence-electron chi connectivity index (χ0n) is 20.1. The molecule has 0 radical (unpaired) electrons. The van der Waals surface area contributed by atoms with E-state index < -0.39 is 0 Å². The molecule has 0 amide bonds. The molecule has 3 aliphatic rings. The molecule has 3 aliphatic carbocycles. The Hall–Kier alpha value is -1.08. The standard InChI is InChI=1S/C26H44O6/c1-27-23-11-7-21(8-12-23)15-17-29-19-31-25-5-3-4-6-26(25)32-20-30-18-16-22-9-13-24(28-2)14-10-22/h15-18,21-26H,3-14,19-20H2,1-2H3/t21?,22?,23?,24?,25-,26-/m1/s1. The summed E-state index contributed by atoms with van der Waals surface area (Å²) in [6.45, 7) is 0.554. The molecular formula is C26H44O6. The van der Waals surface area contributed by atoms with Crippen molar-refractivity contribution in [2.45, 2.75) is 101 Å². The maximum absolute atomic E-state index is 5.99. The van der Waals surface area contributed by atoms with Gasteiger partial charge >= 0.3 is 0 Å². The van der Waals surface area contributed by atoms with Gasteiger partial charge in [-0.05, 0) is 88.2 Å². The molecule has 6 nitrogen and oxygen atoms in total. The zero-order valence-corrected chi connectivity index (χ0v) is 20.1. The monoisotopic (exact) mass is 452 g/mol. The van der Waals surface area contributed by atoms with Crippen LogP contribution in [0, 0.1) is 11.8 Å². The van der Waals surface area contributed by atoms with Gasteiger partial charge in [-0.3, -0.25) is 0 Å². The molecule has 3 fully saturated rings. The molecule has 32 heavy (non-hydrogen) atoms. The summed E-state index contributed by atoms with van der Waals surface area (Å²) < 4.78 is 34.1. The van der Waals surface area contributed by atoms with Gasteiger partial charge in [-0.25, -0.2) is 0 Å². The van der Waals surface area contributed by atoms with Crippen LogP contribution in [0.15, 0.2) is 24.7 Å². The summed E-state index contributed by atoms with van der Waals surface area (Å²) in [6.07, 6.45) is 22.6. The smallest absolute Gasteiger partial charge is 0.188 e. The SMILES string of the molecule is COC1CCC(C=COCO[C@@H]2CCCC[C@H]2OCOC=CC2CCC(OC)CC2)CC1. The average Bonchev–Trinajstić information content (AvgIpc) is 2.85. The van der Waals surface area contributed by atoms with Crippen molar-refractivity contribution in [3.05, 3.63) is 24.7 Å². The molecule has 0 saturated heterocycles. The Morgan fingerprint density at radius 1 is 0.562 bits per heavy atom. The molecule has 0 aliphatic heterocycles. The van der Waals surface area contributed by atoms with E-state index in [0.29, 0.717) is 24.0 Å². The van der Waals surface area contributed by atoms with Gasteiger partial charge in [0, 0.05) is 14.2 Å². The minimum Gasteiger partial charge on any atom is -0.475 e. The first-order valence-electron chi connectivity index (χ1n) is 12.6. The van der Waals surface area contributed by atoms with Crippen LogP contribution in [0.3, 0.4) is 0 Å². The van der Waals surface area contributed by atoms with E-state index in [-0.39, 0.29) is 25.8 Å². The third kappa shape index (κ3) is 9.05. The van der Waals surface area contributed by atoms with Gasteiger partial charge in [-0.1, -0.05) is 12.8 Å². The fourth-order valence-electron chi connectivity index (χ4n) is 5.14. The molecular weight excluding hydrogens is 408 g/mol. The van der Waals surface area contributed by atoms with Crippen molar-refractivity contribution in [1.29, 1.82) is 0 Å². The first-order valence-corrected chi connectivity index (χ1v) is 12.6. The number of allylic oxidation sites excluding steroid dienone is 2. The second-order valence-electron chi connectivity index (χ2n) is 9.47. The van der Waals surface area contributed by atoms with Crippen molar-refractivity contribution in [1.82, 2.24) is 0 Å². The largest absolute Gasteiger partial charge is 0.475 e. The Morgan fingerprint density at radius 3 is 1.34 bits per heavy atom. The van der Waals surface area contributed by atoms with Crippen LogP contribution in [0.25, 0.3) is 0 Å². The maximum atomic E-state index is 5.99. The van der Waals surface area contributed by atoms with Crippen LogP contribution in [0.1, 0.15) is 77.0 Å². The van der Waals surface area contributed by atoms with E-state index in [0.717, 1.165) is 38.5 Å². The summed E-state index contributed by atoms with van der Waals surface area (Å²) in [5.41, 5.74) is 0. The molecule has 0 N–H and O–H groups in total. The number of hydrogen-bond acceptors (Lipinski definition) is 6. The van der Waals surface area contributed by atoms with Crippen LogP contribution >= 0.6 is 0 Å². The van der Waals surface area contributed by atoms with Crippen LogP contribution in [-0.2, 0) is 28.4 Å². The minimum absolute atomic E-state index is 0.0752. The summed E-state index contributed by atoms with van der Waals surface area (Å²) in [5.74, 6) is 1.18. The van der Waals surface area contributed by atoms with Crippen LogP contribution in [0.4, 0.5) is 0 Å². The highest BCUT2D eigenvalue weighted by Gasteiger charge is 2.27. The Morgan fingerprint density at radius 2 is 0.969 bits per heavy atom. The predicted molar refractivity (Wildman–Crippen MR) is 124 cm³/mol. The highest BCUT2D eigenvalue weighted by Crippen LogP contribution is 2.28. The van der Waals surface area contributed by atoms with E-state index in [1.54, 1.807) is 14.2 Å². The highest BCUT2D eigenvalue weighted by atomic mass is 16.7. The lowest BCUT2D eigenvalue weighted by Crippen LogP contribution is -2.35. The summed E-state index contributed by atoms with van der Waals surface area (Å²) in [4.78, 5) is 0. The Balaban J connectivity index is 1.26. The van der Waals surface area contributed by atoms with E-state index in [2.05, 4.69) is 12.2 Å². The number of ether oxygens (including phenoxy) is 6. The Kier molecular flexibility index (Phi) is 11.9. The van der Waals surface area contributed by atoms with E-state index in [1.165, 1.54) is 38.5 Å². The van der Waals surface area contributed by atoms with Gasteiger partial charge in [-0.15, -0.1) is 0 Å². The molecule has 0 heterocycles. The fourth-order valence-corrected chi connectivity index (χ4v) is 5.14. The predicted octanol–water partition coefficient (Wildman–Crippen LogP) is 5.72. The van der Waals surface area contributed by atoms with Gasteiger partial charge in [0.05, 0.1) is 36.9 Å². The van der Waals surface area contributed by atoms with Crippen molar-refractivity contribution in [2.24, 2.45) is 11.8 Å². The molecule has 6 heteroatoms. The fraction of sp³-hybridized carbons (Fsp3) is 0.846. The first-order chi connectivity index (χ1) is 15.8. The van der Waals surface area contributed by atoms with E-state index in [9.17, 15) is 0 Å². The molecule has 0 unspecified atom stereocenters. The molecule has 3 rings (SSSR count). The van der Waals surface area contributed by atoms with E-state index in [1.807, 2.05) is 12.5 Å². The van der Waals surface area contributed by atoms with Crippen LogP contribution in [0.2, 0.25) is 0 Å². The zero-order chi connectivity index (χ0) is 22.4. The number of rotatable bonds is 12. The van der Waals surface area contributed by atoms with Crippen molar-refractivity contribution < 1.29 is 28.4 Å². The summed E-state index contributed by atoms with van der Waals surface area (Å²) >= 11 is 0. The first kappa shape index (κ1) is 25.5. The molecule has 0 spiro atoms. The summed E-state index contributed by atoms with van der Waals surface area (Å²) in [6, 6.07) is 0. The van der Waals surface area contributed by atoms with Crippen molar-refractivity contribution >= 4 is 0 Å². The normalized spacial score (nSPS) is 34.2. The van der Waals surface area contributed by atoms with Crippen LogP contribution in [-0.4, -0.2) is 52.2 Å². The minimum atomic E-state index is 0.0752. The van der Waals surface area contributed by atoms with Gasteiger partial charge in [-0.2, -0.15) is 0 Å². The van der Waals surface area contributed by atoms with Crippen molar-refractivity contribution in [3.8, 4) is 0 Å². The maximum Gasteiger partial charge on any atom is 0.188 e. The molecule has 0 aromatic heterocycles. The second-order valence-corrected chi connectivity index (χ2v) is 9.47.